The van der Waals surface area contributed by atoms with E-state index in [1.54, 1.807) is 12.1 Å². The number of thioether (sulfide) groups is 1. The van der Waals surface area contributed by atoms with Gasteiger partial charge in [0.05, 0.1) is 0 Å². The molecular weight excluding hydrogens is 257 g/mol. The number of fused-ring (bicyclic) bond motifs is 1. The Kier molecular flexibility index (Phi) is 3.58. The van der Waals surface area contributed by atoms with Crippen molar-refractivity contribution in [3.05, 3.63) is 65.5 Å². The van der Waals surface area contributed by atoms with Crippen LogP contribution in [0, 0.1) is 5.82 Å². The Morgan fingerprint density at radius 1 is 1.21 bits per heavy atom. The van der Waals surface area contributed by atoms with Crippen LogP contribution in [0.4, 0.5) is 4.39 Å². The van der Waals surface area contributed by atoms with Crippen molar-refractivity contribution in [3.63, 3.8) is 0 Å². The van der Waals surface area contributed by atoms with Gasteiger partial charge in [0.2, 0.25) is 0 Å². The Morgan fingerprint density at radius 2 is 2.05 bits per heavy atom. The highest BCUT2D eigenvalue weighted by atomic mass is 32.2. The molecule has 1 nitrogen and oxygen atoms in total. The van der Waals surface area contributed by atoms with Crippen molar-refractivity contribution in [3.8, 4) is 0 Å². The van der Waals surface area contributed by atoms with Gasteiger partial charge in [-0.2, -0.15) is 0 Å². The molecule has 3 rings (SSSR count). The van der Waals surface area contributed by atoms with Gasteiger partial charge < -0.3 is 5.32 Å². The quantitative estimate of drug-likeness (QED) is 0.893. The maximum atomic E-state index is 13.2. The average molecular weight is 273 g/mol. The molecule has 1 N–H and O–H groups in total. The first-order chi connectivity index (χ1) is 9.24. The molecule has 2 atom stereocenters. The van der Waals surface area contributed by atoms with Crippen molar-refractivity contribution in [2.45, 2.75) is 23.9 Å². The van der Waals surface area contributed by atoms with E-state index in [1.165, 1.54) is 16.5 Å². The number of nitrogens with one attached hydrogen (secondary N) is 1. The SMILES string of the molecule is C[C@H](NC1CSc2ccccc21)c1cccc(F)c1. The highest BCUT2D eigenvalue weighted by molar-refractivity contribution is 7.99. The van der Waals surface area contributed by atoms with E-state index in [9.17, 15) is 4.39 Å². The summed E-state index contributed by atoms with van der Waals surface area (Å²) >= 11 is 1.88. The number of hydrogen-bond acceptors (Lipinski definition) is 2. The van der Waals surface area contributed by atoms with Gasteiger partial charge in [0.15, 0.2) is 0 Å². The third-order valence-corrected chi connectivity index (χ3v) is 4.68. The van der Waals surface area contributed by atoms with Crippen LogP contribution in [-0.4, -0.2) is 5.75 Å². The van der Waals surface area contributed by atoms with Gasteiger partial charge in [-0.25, -0.2) is 4.39 Å². The van der Waals surface area contributed by atoms with E-state index in [1.807, 2.05) is 17.8 Å². The second-order valence-corrected chi connectivity index (χ2v) is 5.91. The summed E-state index contributed by atoms with van der Waals surface area (Å²) in [5, 5.41) is 3.59. The van der Waals surface area contributed by atoms with Gasteiger partial charge in [-0.1, -0.05) is 30.3 Å². The molecule has 0 saturated carbocycles. The fourth-order valence-corrected chi connectivity index (χ4v) is 3.65. The molecule has 2 aromatic carbocycles. The second kappa shape index (κ2) is 5.35. The molecule has 0 saturated heterocycles. The average Bonchev–Trinajstić information content (AvgIpc) is 2.82. The van der Waals surface area contributed by atoms with Crippen molar-refractivity contribution >= 4 is 11.8 Å². The molecule has 0 radical (unpaired) electrons. The van der Waals surface area contributed by atoms with Crippen molar-refractivity contribution in [1.29, 1.82) is 0 Å². The molecule has 1 aliphatic rings. The smallest absolute Gasteiger partial charge is 0.123 e. The van der Waals surface area contributed by atoms with Gasteiger partial charge in [0, 0.05) is 22.7 Å². The maximum absolute atomic E-state index is 13.2. The van der Waals surface area contributed by atoms with E-state index in [4.69, 9.17) is 0 Å². The van der Waals surface area contributed by atoms with E-state index in [-0.39, 0.29) is 11.9 Å². The van der Waals surface area contributed by atoms with Gasteiger partial charge >= 0.3 is 0 Å². The van der Waals surface area contributed by atoms with Gasteiger partial charge in [-0.3, -0.25) is 0 Å². The first-order valence-corrected chi connectivity index (χ1v) is 7.46. The highest BCUT2D eigenvalue weighted by Gasteiger charge is 2.24. The summed E-state index contributed by atoms with van der Waals surface area (Å²) in [6.45, 7) is 2.08. The van der Waals surface area contributed by atoms with Crippen LogP contribution in [0.3, 0.4) is 0 Å². The third-order valence-electron chi connectivity index (χ3n) is 3.50. The lowest BCUT2D eigenvalue weighted by Gasteiger charge is -2.20. The van der Waals surface area contributed by atoms with Gasteiger partial charge in [0.1, 0.15) is 5.82 Å². The molecule has 19 heavy (non-hydrogen) atoms. The largest absolute Gasteiger partial charge is 0.303 e. The summed E-state index contributed by atoms with van der Waals surface area (Å²) in [5.41, 5.74) is 2.35. The Hall–Kier alpha value is -1.32. The van der Waals surface area contributed by atoms with Gasteiger partial charge in [-0.05, 0) is 36.2 Å². The van der Waals surface area contributed by atoms with Crippen LogP contribution >= 0.6 is 11.8 Å². The summed E-state index contributed by atoms with van der Waals surface area (Å²) in [7, 11) is 0. The lowest BCUT2D eigenvalue weighted by molar-refractivity contribution is 0.498. The van der Waals surface area contributed by atoms with Gasteiger partial charge in [0.25, 0.3) is 0 Å². The molecule has 98 valence electrons. The normalized spacial score (nSPS) is 19.2. The van der Waals surface area contributed by atoms with E-state index in [0.717, 1.165) is 11.3 Å². The molecule has 1 unspecified atom stereocenters. The van der Waals surface area contributed by atoms with Gasteiger partial charge in [-0.15, -0.1) is 11.8 Å². The standard InChI is InChI=1S/C16H16FNS/c1-11(12-5-4-6-13(17)9-12)18-15-10-19-16-8-3-2-7-14(15)16/h2-9,11,15,18H,10H2,1H3/t11-,15?/m0/s1. The summed E-state index contributed by atoms with van der Waals surface area (Å²) in [6, 6.07) is 15.8. The maximum Gasteiger partial charge on any atom is 0.123 e. The van der Waals surface area contributed by atoms with Crippen molar-refractivity contribution < 1.29 is 4.39 Å². The third kappa shape index (κ3) is 2.67. The molecular formula is C16H16FNS. The zero-order valence-electron chi connectivity index (χ0n) is 10.8. The highest BCUT2D eigenvalue weighted by Crippen LogP contribution is 2.38. The van der Waals surface area contributed by atoms with E-state index < -0.39 is 0 Å². The Labute approximate surface area is 117 Å². The summed E-state index contributed by atoms with van der Waals surface area (Å²) in [6.07, 6.45) is 0. The molecule has 0 spiro atoms. The topological polar surface area (TPSA) is 12.0 Å². The molecule has 0 bridgehead atoms. The fraction of sp³-hybridized carbons (Fsp3) is 0.250. The molecule has 0 aliphatic carbocycles. The summed E-state index contributed by atoms with van der Waals surface area (Å²) < 4.78 is 13.2. The Morgan fingerprint density at radius 3 is 2.89 bits per heavy atom. The Bertz CT molecular complexity index is 584. The number of hydrogen-bond donors (Lipinski definition) is 1. The van der Waals surface area contributed by atoms with Crippen molar-refractivity contribution in [1.82, 2.24) is 5.32 Å². The number of benzene rings is 2. The minimum Gasteiger partial charge on any atom is -0.303 e. The molecule has 3 heteroatoms. The number of halogens is 1. The van der Waals surface area contributed by atoms with E-state index >= 15 is 0 Å². The van der Waals surface area contributed by atoms with Crippen LogP contribution in [0.25, 0.3) is 0 Å². The summed E-state index contributed by atoms with van der Waals surface area (Å²) in [4.78, 5) is 1.35. The molecule has 1 aliphatic heterocycles. The van der Waals surface area contributed by atoms with E-state index in [2.05, 4.69) is 36.5 Å². The first kappa shape index (κ1) is 12.7. The number of rotatable bonds is 3. The van der Waals surface area contributed by atoms with E-state index in [0.29, 0.717) is 6.04 Å². The fourth-order valence-electron chi connectivity index (χ4n) is 2.47. The molecule has 0 fully saturated rings. The zero-order chi connectivity index (χ0) is 13.2. The molecule has 1 heterocycles. The van der Waals surface area contributed by atoms with Crippen LogP contribution in [-0.2, 0) is 0 Å². The predicted octanol–water partition coefficient (Wildman–Crippen LogP) is 4.32. The minimum atomic E-state index is -0.174. The lowest BCUT2D eigenvalue weighted by atomic mass is 10.0. The molecule has 2 aromatic rings. The first-order valence-electron chi connectivity index (χ1n) is 6.47. The van der Waals surface area contributed by atoms with Crippen LogP contribution in [0.5, 0.6) is 0 Å². The summed E-state index contributed by atoms with van der Waals surface area (Å²) in [5.74, 6) is 0.867. The molecule has 0 amide bonds. The second-order valence-electron chi connectivity index (χ2n) is 4.84. The predicted molar refractivity (Wildman–Crippen MR) is 77.9 cm³/mol. The van der Waals surface area contributed by atoms with Crippen LogP contribution in [0.1, 0.15) is 30.1 Å². The monoisotopic (exact) mass is 273 g/mol. The lowest BCUT2D eigenvalue weighted by Crippen LogP contribution is -2.24. The minimum absolute atomic E-state index is 0.146. The zero-order valence-corrected chi connectivity index (χ0v) is 11.6. The van der Waals surface area contributed by atoms with Crippen LogP contribution in [0.15, 0.2) is 53.4 Å². The Balaban J connectivity index is 1.76. The van der Waals surface area contributed by atoms with Crippen molar-refractivity contribution in [2.75, 3.05) is 5.75 Å². The van der Waals surface area contributed by atoms with Crippen LogP contribution in [0.2, 0.25) is 0 Å². The van der Waals surface area contributed by atoms with Crippen LogP contribution < -0.4 is 5.32 Å². The van der Waals surface area contributed by atoms with Crippen molar-refractivity contribution in [2.24, 2.45) is 0 Å². The molecule has 0 aromatic heterocycles.